The van der Waals surface area contributed by atoms with Crippen LogP contribution in [0.1, 0.15) is 246 Å². The van der Waals surface area contributed by atoms with Gasteiger partial charge < -0.3 is 48.0 Å². The number of allylic oxidation sites excluding steroid dienone is 16. The third kappa shape index (κ3) is 51.8. The molecule has 0 aromatic heterocycles. The minimum atomic E-state index is -0.876. The molecule has 0 N–H and O–H groups in total. The number of hydrogen-bond donors (Lipinski definition) is 0. The summed E-state index contributed by atoms with van der Waals surface area (Å²) in [5.41, 5.74) is -0.541. The Bertz CT molecular complexity index is 4140. The normalized spacial score (nSPS) is 12.8. The van der Waals surface area contributed by atoms with Crippen LogP contribution in [0.2, 0.25) is 0 Å². The van der Waals surface area contributed by atoms with Gasteiger partial charge in [-0.25, -0.2) is 83.7 Å². The van der Waals surface area contributed by atoms with Crippen molar-refractivity contribution in [2.24, 2.45) is 22.7 Å². The summed E-state index contributed by atoms with van der Waals surface area (Å²) in [7, 11) is 3.43. The molecule has 0 spiro atoms. The number of halogens is 8. The molecule has 6 aromatic carbocycles. The number of hydrogen-bond acceptors (Lipinski definition) is 10. The fourth-order valence-electron chi connectivity index (χ4n) is 13.3. The molecule has 6 aromatic rings. The SMILES string of the molecule is CCCCOCCOCCN(C(=O)C(C)(C)CCC)c1ccc(F)[c-]c1F.CCCCOCCOCCN(C(=O)C(C)(C)CCC)c1ccc(F)[c-]c1F.COC(C)(C)CCCC(C)CCN(C(=O)c1ccccc1)c1ccc(F)[c-]c1F.COC(C)(C)CCCC(C)CCN(C(=O)c1ccccc1)c1ccc(F)[c-]c1F.[C-]1=CC=CC1.[C-]1=CC=CC1.[C-]1=CC=CC1.[C-]1=CC=CC1.[Ti+4].[Ti+4]. The van der Waals surface area contributed by atoms with Crippen LogP contribution in [0, 0.1) is 118 Å². The topological polar surface area (TPSA) is 137 Å². The van der Waals surface area contributed by atoms with Crippen molar-refractivity contribution in [1.29, 1.82) is 0 Å². The molecule has 134 heavy (non-hydrogen) atoms. The van der Waals surface area contributed by atoms with Crippen LogP contribution in [0.25, 0.3) is 0 Å². The fourth-order valence-corrected chi connectivity index (χ4v) is 13.3. The molecule has 0 bridgehead atoms. The van der Waals surface area contributed by atoms with Crippen LogP contribution in [0.4, 0.5) is 57.9 Å². The molecule has 2 unspecified atom stereocenters. The number of nitrogens with zero attached hydrogens (tertiary/aromatic N) is 4. The Hall–Kier alpha value is -8.25. The average molecular weight is 1930 g/mol. The van der Waals surface area contributed by atoms with E-state index in [9.17, 15) is 54.3 Å². The van der Waals surface area contributed by atoms with Gasteiger partial charge in [0.05, 0.1) is 50.8 Å². The van der Waals surface area contributed by atoms with Gasteiger partial charge in [-0.1, -0.05) is 157 Å². The van der Waals surface area contributed by atoms with Gasteiger partial charge in [-0.05, 0) is 138 Å². The van der Waals surface area contributed by atoms with Gasteiger partial charge in [-0.2, -0.15) is 24.3 Å². The monoisotopic (exact) mass is 1930 g/mol. The number of amides is 4. The third-order valence-electron chi connectivity index (χ3n) is 21.5. The first-order valence-electron chi connectivity index (χ1n) is 46.3. The number of carbonyl (C=O) groups is 4. The quantitative estimate of drug-likeness (QED) is 0.0157. The Kier molecular flexibility index (Phi) is 65.8. The summed E-state index contributed by atoms with van der Waals surface area (Å²) in [6.45, 7) is 32.7. The molecule has 0 saturated heterocycles. The van der Waals surface area contributed by atoms with Crippen molar-refractivity contribution in [2.45, 2.75) is 237 Å². The zero-order valence-electron chi connectivity index (χ0n) is 82.0. The van der Waals surface area contributed by atoms with Crippen LogP contribution in [0.15, 0.2) is 182 Å². The van der Waals surface area contributed by atoms with Gasteiger partial charge >= 0.3 is 43.4 Å². The van der Waals surface area contributed by atoms with Crippen molar-refractivity contribution in [3.63, 3.8) is 0 Å². The van der Waals surface area contributed by atoms with Crippen LogP contribution in [-0.2, 0) is 81.4 Å². The van der Waals surface area contributed by atoms with E-state index < -0.39 is 57.4 Å². The van der Waals surface area contributed by atoms with E-state index in [2.05, 4.69) is 104 Å². The van der Waals surface area contributed by atoms with Crippen molar-refractivity contribution < 1.29 is 126 Å². The Morgan fingerprint density at radius 3 is 0.851 bits per heavy atom. The van der Waals surface area contributed by atoms with E-state index in [1.54, 1.807) is 62.8 Å². The minimum absolute atomic E-state index is 0. The fraction of sp³-hybridized carbons (Fsp3) is 0.491. The first-order chi connectivity index (χ1) is 63.1. The Morgan fingerprint density at radius 1 is 0.343 bits per heavy atom. The number of carbonyl (C=O) groups excluding carboxylic acids is 4. The van der Waals surface area contributed by atoms with Gasteiger partial charge in [0, 0.05) is 122 Å². The maximum Gasteiger partial charge on any atom is 4.00 e. The zero-order chi connectivity index (χ0) is 97.6. The molecule has 14 nitrogen and oxygen atoms in total. The van der Waals surface area contributed by atoms with Crippen molar-refractivity contribution in [3.8, 4) is 0 Å². The maximum absolute atomic E-state index is 14.4. The molecule has 0 saturated carbocycles. The Balaban J connectivity index is 0.000000825. The smallest absolute Gasteiger partial charge is 0.379 e. The predicted octanol–water partition coefficient (Wildman–Crippen LogP) is 26.8. The summed E-state index contributed by atoms with van der Waals surface area (Å²) in [6, 6.07) is 35.1. The largest absolute Gasteiger partial charge is 4.00 e. The second-order valence-corrected chi connectivity index (χ2v) is 34.5. The molecule has 0 aliphatic heterocycles. The number of methoxy groups -OCH3 is 2. The molecular formula is C110H144F8N4O10Ti2. The van der Waals surface area contributed by atoms with Gasteiger partial charge in [0.25, 0.3) is 0 Å². The Morgan fingerprint density at radius 2 is 0.619 bits per heavy atom. The molecule has 10 rings (SSSR count). The van der Waals surface area contributed by atoms with Crippen molar-refractivity contribution in [1.82, 2.24) is 0 Å². The number of ether oxygens (including phenoxy) is 6. The summed E-state index contributed by atoms with van der Waals surface area (Å²) in [4.78, 5) is 57.5. The van der Waals surface area contributed by atoms with Crippen molar-refractivity contribution in [2.75, 3.05) is 113 Å². The number of anilines is 4. The van der Waals surface area contributed by atoms with E-state index in [-0.39, 0.29) is 127 Å². The Labute approximate surface area is 827 Å². The van der Waals surface area contributed by atoms with Crippen molar-refractivity contribution in [3.05, 3.63) is 288 Å². The van der Waals surface area contributed by atoms with E-state index >= 15 is 0 Å². The average Bonchev–Trinajstić information content (AvgIpc) is 0.960. The van der Waals surface area contributed by atoms with Gasteiger partial charge in [-0.15, -0.1) is 98.5 Å². The van der Waals surface area contributed by atoms with E-state index in [4.69, 9.17) is 28.4 Å². The molecule has 0 heterocycles. The summed E-state index contributed by atoms with van der Waals surface area (Å²) in [6.07, 6.45) is 54.5. The number of unbranched alkanes of at least 4 members (excludes halogenated alkanes) is 2. The summed E-state index contributed by atoms with van der Waals surface area (Å²) in [5.74, 6) is -6.98. The van der Waals surface area contributed by atoms with E-state index in [1.807, 2.05) is 127 Å². The van der Waals surface area contributed by atoms with Crippen molar-refractivity contribution >= 4 is 46.4 Å². The first kappa shape index (κ1) is 124. The van der Waals surface area contributed by atoms with Crippen LogP contribution in [-0.4, -0.2) is 128 Å². The second kappa shape index (κ2) is 71.2. The molecule has 0 fully saturated rings. The van der Waals surface area contributed by atoms with Gasteiger partial charge in [-0.3, -0.25) is 43.5 Å². The first-order valence-corrected chi connectivity index (χ1v) is 46.3. The van der Waals surface area contributed by atoms with E-state index in [1.165, 1.54) is 43.9 Å². The van der Waals surface area contributed by atoms with E-state index in [0.717, 1.165) is 127 Å². The standard InChI is InChI=1S/2C24H30F2NO2.2C21H32F2NO3.4C5H5.2Ti/c2*1-18(9-8-15-24(2,3)29-4)14-16-27(22-13-12-20(25)17-21(22)26)23(28)19-10-6-5-7-11-19;2*1-5-7-12-26-14-15-27-13-11-24(20(25)21(3,4)10-6-2)19-9-8-17(22)16-18(19)23;4*1-2-4-5-3-1;;/h2*5-7,10-13,18H,8-9,14-16H2,1-4H3;2*8-9H,5-7,10-15H2,1-4H3;4*1-3H,4H2;;/q8*-1;2*+4. The molecule has 728 valence electrons. The van der Waals surface area contributed by atoms with Gasteiger partial charge in [0.15, 0.2) is 0 Å². The van der Waals surface area contributed by atoms with Crippen LogP contribution in [0.5, 0.6) is 0 Å². The van der Waals surface area contributed by atoms with Crippen LogP contribution >= 0.6 is 0 Å². The molecule has 4 aliphatic carbocycles. The summed E-state index contributed by atoms with van der Waals surface area (Å²) >= 11 is 0. The van der Waals surface area contributed by atoms with E-state index in [0.29, 0.717) is 101 Å². The molecule has 24 heteroatoms. The third-order valence-corrected chi connectivity index (χ3v) is 21.5. The number of rotatable bonds is 46. The zero-order valence-corrected chi connectivity index (χ0v) is 85.1. The maximum atomic E-state index is 14.4. The molecule has 2 atom stereocenters. The second-order valence-electron chi connectivity index (χ2n) is 34.5. The van der Waals surface area contributed by atoms with Crippen LogP contribution in [0.3, 0.4) is 0 Å². The predicted molar refractivity (Wildman–Crippen MR) is 516 cm³/mol. The van der Waals surface area contributed by atoms with Crippen LogP contribution < -0.4 is 19.6 Å². The molecular weight excluding hydrogens is 1780 g/mol. The molecule has 4 amide bonds. The summed E-state index contributed by atoms with van der Waals surface area (Å²) in [5, 5.41) is 0. The number of benzene rings is 6. The summed E-state index contributed by atoms with van der Waals surface area (Å²) < 4.78 is 143. The molecule has 0 radical (unpaired) electrons. The molecule has 4 aliphatic rings. The minimum Gasteiger partial charge on any atom is -0.379 e. The van der Waals surface area contributed by atoms with Gasteiger partial charge in [0.1, 0.15) is 0 Å². The van der Waals surface area contributed by atoms with Gasteiger partial charge in [0.2, 0.25) is 23.6 Å².